The summed E-state index contributed by atoms with van der Waals surface area (Å²) in [5.41, 5.74) is 0. The Balaban J connectivity index is 1.97. The minimum Gasteiger partial charge on any atom is -0.374 e. The molecule has 0 atom stereocenters. The molecule has 1 fully saturated rings. The second-order valence-corrected chi connectivity index (χ2v) is 3.84. The third-order valence-corrected chi connectivity index (χ3v) is 2.39. The first-order chi connectivity index (χ1) is 8.18. The summed E-state index contributed by atoms with van der Waals surface area (Å²) in [6.45, 7) is 3.68. The van der Waals surface area contributed by atoms with Crippen molar-refractivity contribution in [2.75, 3.05) is 52.5 Å². The Morgan fingerprint density at radius 3 is 2.76 bits per heavy atom. The van der Waals surface area contributed by atoms with Crippen molar-refractivity contribution < 1.29 is 18.3 Å². The summed E-state index contributed by atoms with van der Waals surface area (Å²) in [5, 5.41) is 5.83. The molecule has 0 aromatic heterocycles. The van der Waals surface area contributed by atoms with E-state index in [0.717, 1.165) is 26.2 Å². The Kier molecular flexibility index (Phi) is 6.99. The predicted octanol–water partition coefficient (Wildman–Crippen LogP) is -0.710. The van der Waals surface area contributed by atoms with Gasteiger partial charge in [-0.15, -0.1) is 0 Å². The van der Waals surface area contributed by atoms with E-state index in [1.807, 2.05) is 4.90 Å². The second-order valence-electron chi connectivity index (χ2n) is 3.84. The summed E-state index contributed by atoms with van der Waals surface area (Å²) in [4.78, 5) is 13.5. The summed E-state index contributed by atoms with van der Waals surface area (Å²) in [6.07, 6.45) is -2.45. The number of halogens is 2. The largest absolute Gasteiger partial charge is 0.374 e. The van der Waals surface area contributed by atoms with Crippen molar-refractivity contribution in [3.63, 3.8) is 0 Å². The number of rotatable bonds is 7. The lowest BCUT2D eigenvalue weighted by molar-refractivity contribution is -0.122. The summed E-state index contributed by atoms with van der Waals surface area (Å²) in [5.74, 6) is -0.0902. The zero-order valence-electron chi connectivity index (χ0n) is 9.75. The highest BCUT2D eigenvalue weighted by Crippen LogP contribution is 1.92. The van der Waals surface area contributed by atoms with Crippen molar-refractivity contribution in [1.29, 1.82) is 0 Å². The number of piperazine rings is 1. The fraction of sp³-hybridized carbons (Fsp3) is 0.900. The van der Waals surface area contributed by atoms with Gasteiger partial charge in [-0.2, -0.15) is 0 Å². The number of hydrogen-bond acceptors (Lipinski definition) is 4. The summed E-state index contributed by atoms with van der Waals surface area (Å²) < 4.78 is 28.1. The quantitative estimate of drug-likeness (QED) is 0.587. The van der Waals surface area contributed by atoms with E-state index in [0.29, 0.717) is 6.54 Å². The number of nitrogens with one attached hydrogen (secondary N) is 2. The lowest BCUT2D eigenvalue weighted by Crippen LogP contribution is -2.47. The fourth-order valence-electron chi connectivity index (χ4n) is 1.56. The molecule has 2 N–H and O–H groups in total. The van der Waals surface area contributed by atoms with Gasteiger partial charge in [0.2, 0.25) is 5.91 Å². The SMILES string of the molecule is O=C(CN1CCNCC1)NCCOCC(F)F. The fourth-order valence-corrected chi connectivity index (χ4v) is 1.56. The van der Waals surface area contributed by atoms with Gasteiger partial charge < -0.3 is 15.4 Å². The van der Waals surface area contributed by atoms with E-state index in [4.69, 9.17) is 0 Å². The van der Waals surface area contributed by atoms with Gasteiger partial charge in [0.1, 0.15) is 6.61 Å². The van der Waals surface area contributed by atoms with Crippen molar-refractivity contribution >= 4 is 5.91 Å². The normalized spacial score (nSPS) is 17.4. The van der Waals surface area contributed by atoms with Crippen LogP contribution in [0.5, 0.6) is 0 Å². The number of nitrogens with zero attached hydrogens (tertiary/aromatic N) is 1. The molecule has 0 aromatic rings. The number of carbonyl (C=O) groups excluding carboxylic acids is 1. The average molecular weight is 251 g/mol. The molecular weight excluding hydrogens is 232 g/mol. The standard InChI is InChI=1S/C10H19F2N3O2/c11-9(12)8-17-6-3-14-10(16)7-15-4-1-13-2-5-15/h9,13H,1-8H2,(H,14,16). The highest BCUT2D eigenvalue weighted by atomic mass is 19.3. The van der Waals surface area contributed by atoms with Crippen LogP contribution in [-0.4, -0.2) is 69.7 Å². The first kappa shape index (κ1) is 14.3. The molecule has 1 aliphatic heterocycles. The van der Waals surface area contributed by atoms with E-state index in [1.165, 1.54) is 0 Å². The van der Waals surface area contributed by atoms with E-state index < -0.39 is 13.0 Å². The average Bonchev–Trinajstić information content (AvgIpc) is 2.29. The minimum absolute atomic E-state index is 0.0902. The van der Waals surface area contributed by atoms with Crippen LogP contribution in [-0.2, 0) is 9.53 Å². The number of amides is 1. The molecule has 1 rings (SSSR count). The molecule has 100 valence electrons. The van der Waals surface area contributed by atoms with Crippen molar-refractivity contribution in [1.82, 2.24) is 15.5 Å². The Morgan fingerprint density at radius 2 is 2.12 bits per heavy atom. The number of hydrogen-bond donors (Lipinski definition) is 2. The number of alkyl halides is 2. The summed E-state index contributed by atoms with van der Waals surface area (Å²) in [6, 6.07) is 0. The molecule has 1 heterocycles. The number of carbonyl (C=O) groups is 1. The maximum atomic E-state index is 11.7. The molecule has 17 heavy (non-hydrogen) atoms. The van der Waals surface area contributed by atoms with Gasteiger partial charge in [0.15, 0.2) is 0 Å². The van der Waals surface area contributed by atoms with Gasteiger partial charge in [-0.1, -0.05) is 0 Å². The Labute approximate surface area is 99.5 Å². The molecule has 0 aromatic carbocycles. The summed E-state index contributed by atoms with van der Waals surface area (Å²) >= 11 is 0. The molecule has 0 aliphatic carbocycles. The Hall–Kier alpha value is -0.790. The molecule has 0 bridgehead atoms. The lowest BCUT2D eigenvalue weighted by atomic mass is 10.3. The monoisotopic (exact) mass is 251 g/mol. The van der Waals surface area contributed by atoms with Crippen LogP contribution in [0.3, 0.4) is 0 Å². The van der Waals surface area contributed by atoms with Gasteiger partial charge in [0.05, 0.1) is 13.2 Å². The van der Waals surface area contributed by atoms with Crippen molar-refractivity contribution in [3.05, 3.63) is 0 Å². The van der Waals surface area contributed by atoms with Crippen LogP contribution in [0, 0.1) is 0 Å². The number of ether oxygens (including phenoxy) is 1. The second kappa shape index (κ2) is 8.32. The van der Waals surface area contributed by atoms with Crippen LogP contribution in [0.2, 0.25) is 0 Å². The molecule has 1 aliphatic rings. The maximum Gasteiger partial charge on any atom is 0.261 e. The van der Waals surface area contributed by atoms with Crippen molar-refractivity contribution in [2.24, 2.45) is 0 Å². The lowest BCUT2D eigenvalue weighted by Gasteiger charge is -2.26. The van der Waals surface area contributed by atoms with E-state index in [2.05, 4.69) is 15.4 Å². The van der Waals surface area contributed by atoms with Gasteiger partial charge in [0.25, 0.3) is 6.43 Å². The van der Waals surface area contributed by atoms with Crippen LogP contribution >= 0.6 is 0 Å². The van der Waals surface area contributed by atoms with E-state index in [9.17, 15) is 13.6 Å². The van der Waals surface area contributed by atoms with E-state index in [-0.39, 0.29) is 19.1 Å². The summed E-state index contributed by atoms with van der Waals surface area (Å²) in [7, 11) is 0. The third-order valence-electron chi connectivity index (χ3n) is 2.39. The maximum absolute atomic E-state index is 11.7. The highest BCUT2D eigenvalue weighted by molar-refractivity contribution is 5.77. The molecule has 7 heteroatoms. The van der Waals surface area contributed by atoms with Gasteiger partial charge in [-0.3, -0.25) is 9.69 Å². The van der Waals surface area contributed by atoms with E-state index >= 15 is 0 Å². The molecule has 1 amide bonds. The minimum atomic E-state index is -2.45. The zero-order valence-corrected chi connectivity index (χ0v) is 9.75. The van der Waals surface area contributed by atoms with Crippen LogP contribution < -0.4 is 10.6 Å². The predicted molar refractivity (Wildman–Crippen MR) is 59.1 cm³/mol. The van der Waals surface area contributed by atoms with Gasteiger partial charge >= 0.3 is 0 Å². The van der Waals surface area contributed by atoms with E-state index in [1.54, 1.807) is 0 Å². The Bertz CT molecular complexity index is 224. The topological polar surface area (TPSA) is 53.6 Å². The smallest absolute Gasteiger partial charge is 0.261 e. The Morgan fingerprint density at radius 1 is 1.41 bits per heavy atom. The molecule has 1 saturated heterocycles. The van der Waals surface area contributed by atoms with Gasteiger partial charge in [0, 0.05) is 32.7 Å². The molecular formula is C10H19F2N3O2. The molecule has 0 saturated carbocycles. The highest BCUT2D eigenvalue weighted by Gasteiger charge is 2.12. The van der Waals surface area contributed by atoms with Crippen molar-refractivity contribution in [2.45, 2.75) is 6.43 Å². The molecule has 0 unspecified atom stereocenters. The van der Waals surface area contributed by atoms with Gasteiger partial charge in [-0.05, 0) is 0 Å². The third kappa shape index (κ3) is 7.19. The van der Waals surface area contributed by atoms with Crippen LogP contribution in [0.1, 0.15) is 0 Å². The first-order valence-electron chi connectivity index (χ1n) is 5.74. The van der Waals surface area contributed by atoms with Crippen LogP contribution in [0.25, 0.3) is 0 Å². The molecule has 0 spiro atoms. The molecule has 5 nitrogen and oxygen atoms in total. The zero-order chi connectivity index (χ0) is 12.5. The van der Waals surface area contributed by atoms with Crippen molar-refractivity contribution in [3.8, 4) is 0 Å². The van der Waals surface area contributed by atoms with Crippen LogP contribution in [0.15, 0.2) is 0 Å². The van der Waals surface area contributed by atoms with Gasteiger partial charge in [-0.25, -0.2) is 8.78 Å². The molecule has 0 radical (unpaired) electrons. The van der Waals surface area contributed by atoms with Crippen LogP contribution in [0.4, 0.5) is 8.78 Å². The first-order valence-corrected chi connectivity index (χ1v) is 5.74.